The van der Waals surface area contributed by atoms with Crippen LogP contribution in [-0.2, 0) is 28.9 Å². The van der Waals surface area contributed by atoms with Gasteiger partial charge in [-0.05, 0) is 45.2 Å². The average Bonchev–Trinajstić information content (AvgIpc) is 3.18. The van der Waals surface area contributed by atoms with E-state index in [4.69, 9.17) is 10.5 Å². The van der Waals surface area contributed by atoms with Gasteiger partial charge in [-0.25, -0.2) is 4.98 Å². The van der Waals surface area contributed by atoms with Crippen LogP contribution < -0.4 is 16.4 Å². The summed E-state index contributed by atoms with van der Waals surface area (Å²) in [5.41, 5.74) is 7.82. The number of aromatic nitrogens is 3. The van der Waals surface area contributed by atoms with Gasteiger partial charge < -0.3 is 21.1 Å². The Labute approximate surface area is 176 Å². The molecule has 0 saturated carbocycles. The Morgan fingerprint density at radius 2 is 2.17 bits per heavy atom. The summed E-state index contributed by atoms with van der Waals surface area (Å²) in [6.45, 7) is 6.85. The number of anilines is 1. The fraction of sp³-hybridized carbons (Fsp3) is 0.524. The van der Waals surface area contributed by atoms with Gasteiger partial charge in [-0.15, -0.1) is 0 Å². The molecule has 162 valence electrons. The van der Waals surface area contributed by atoms with E-state index in [0.29, 0.717) is 18.5 Å². The van der Waals surface area contributed by atoms with Crippen molar-refractivity contribution in [2.45, 2.75) is 58.2 Å². The van der Waals surface area contributed by atoms with Crippen LogP contribution in [0.15, 0.2) is 24.5 Å². The summed E-state index contributed by atoms with van der Waals surface area (Å²) in [4.78, 5) is 28.9. The molecule has 0 spiro atoms. The van der Waals surface area contributed by atoms with Crippen LogP contribution in [0.3, 0.4) is 0 Å². The van der Waals surface area contributed by atoms with Crippen LogP contribution in [0.2, 0.25) is 0 Å². The van der Waals surface area contributed by atoms with Gasteiger partial charge >= 0.3 is 5.97 Å². The quantitative estimate of drug-likeness (QED) is 0.583. The fourth-order valence-corrected chi connectivity index (χ4v) is 3.11. The number of ether oxygens (including phenoxy) is 1. The maximum atomic E-state index is 12.3. The molecule has 9 nitrogen and oxygen atoms in total. The summed E-state index contributed by atoms with van der Waals surface area (Å²) in [6.07, 6.45) is 6.07. The normalized spacial score (nSPS) is 14.4. The molecule has 1 amide bonds. The topological polar surface area (TPSA) is 124 Å². The number of pyridine rings is 1. The Morgan fingerprint density at radius 1 is 1.37 bits per heavy atom. The molecule has 0 bridgehead atoms. The van der Waals surface area contributed by atoms with Crippen molar-refractivity contribution in [2.75, 3.05) is 18.4 Å². The number of hydrogen-bond donors (Lipinski definition) is 3. The van der Waals surface area contributed by atoms with Crippen LogP contribution in [0.25, 0.3) is 0 Å². The minimum Gasteiger partial charge on any atom is -0.459 e. The zero-order valence-corrected chi connectivity index (χ0v) is 17.8. The van der Waals surface area contributed by atoms with Gasteiger partial charge in [0.1, 0.15) is 17.5 Å². The first-order valence-electron chi connectivity index (χ1n) is 10.2. The lowest BCUT2D eigenvalue weighted by Gasteiger charge is -2.22. The molecule has 0 aromatic carbocycles. The standard InChI is InChI=1S/C21H30N6O3/c1-21(2,3)30-20(29)17(22)12-24-19(28)15-11-25-27(13-15)10-8-16-7-6-14-5-4-9-23-18(14)26-16/h6-7,11,13,17H,4-5,8-10,12,22H2,1-3H3,(H,23,26)(H,24,28). The molecule has 0 saturated heterocycles. The van der Waals surface area contributed by atoms with Crippen molar-refractivity contribution in [2.24, 2.45) is 5.73 Å². The first kappa shape index (κ1) is 21.8. The second-order valence-corrected chi connectivity index (χ2v) is 8.43. The third kappa shape index (κ3) is 6.03. The van der Waals surface area contributed by atoms with Crippen LogP contribution in [0.1, 0.15) is 48.8 Å². The van der Waals surface area contributed by atoms with E-state index in [2.05, 4.69) is 26.8 Å². The summed E-state index contributed by atoms with van der Waals surface area (Å²) < 4.78 is 6.91. The molecule has 4 N–H and O–H groups in total. The molecule has 30 heavy (non-hydrogen) atoms. The van der Waals surface area contributed by atoms with Crippen molar-refractivity contribution in [1.82, 2.24) is 20.1 Å². The molecule has 2 aromatic rings. The number of amides is 1. The maximum Gasteiger partial charge on any atom is 0.325 e. The van der Waals surface area contributed by atoms with Gasteiger partial charge in [0.25, 0.3) is 5.91 Å². The Morgan fingerprint density at radius 3 is 2.93 bits per heavy atom. The number of carbonyl (C=O) groups excluding carboxylic acids is 2. The van der Waals surface area contributed by atoms with Crippen LogP contribution in [0.4, 0.5) is 5.82 Å². The van der Waals surface area contributed by atoms with Gasteiger partial charge in [0.05, 0.1) is 11.8 Å². The Balaban J connectivity index is 1.48. The summed E-state index contributed by atoms with van der Waals surface area (Å²) >= 11 is 0. The number of carbonyl (C=O) groups is 2. The summed E-state index contributed by atoms with van der Waals surface area (Å²) in [7, 11) is 0. The SMILES string of the molecule is CC(C)(C)OC(=O)C(N)CNC(=O)c1cnn(CCc2ccc3c(n2)NCCC3)c1. The van der Waals surface area contributed by atoms with Gasteiger partial charge in [-0.2, -0.15) is 5.10 Å². The van der Waals surface area contributed by atoms with Crippen LogP contribution in [0.5, 0.6) is 0 Å². The van der Waals surface area contributed by atoms with E-state index in [9.17, 15) is 9.59 Å². The molecular weight excluding hydrogens is 384 g/mol. The van der Waals surface area contributed by atoms with Crippen LogP contribution in [0, 0.1) is 0 Å². The molecule has 1 unspecified atom stereocenters. The lowest BCUT2D eigenvalue weighted by molar-refractivity contribution is -0.156. The number of nitrogens with one attached hydrogen (secondary N) is 2. The highest BCUT2D eigenvalue weighted by Gasteiger charge is 2.23. The second-order valence-electron chi connectivity index (χ2n) is 8.43. The number of aryl methyl sites for hydroxylation is 3. The van der Waals surface area contributed by atoms with E-state index in [-0.39, 0.29) is 12.5 Å². The first-order chi connectivity index (χ1) is 14.2. The zero-order chi connectivity index (χ0) is 21.7. The van der Waals surface area contributed by atoms with Gasteiger partial charge in [0, 0.05) is 37.9 Å². The van der Waals surface area contributed by atoms with Crippen LogP contribution in [-0.4, -0.2) is 51.4 Å². The molecule has 0 aliphatic carbocycles. The lowest BCUT2D eigenvalue weighted by Crippen LogP contribution is -2.45. The zero-order valence-electron chi connectivity index (χ0n) is 17.8. The first-order valence-corrected chi connectivity index (χ1v) is 10.2. The highest BCUT2D eigenvalue weighted by atomic mass is 16.6. The van der Waals surface area contributed by atoms with Crippen LogP contribution >= 0.6 is 0 Å². The molecular formula is C21H30N6O3. The Hall–Kier alpha value is -2.94. The van der Waals surface area contributed by atoms with E-state index in [1.54, 1.807) is 31.6 Å². The summed E-state index contributed by atoms with van der Waals surface area (Å²) in [5, 5.41) is 10.2. The number of esters is 1. The van der Waals surface area contributed by atoms with Gasteiger partial charge in [-0.3, -0.25) is 14.3 Å². The molecule has 1 aliphatic rings. The van der Waals surface area contributed by atoms with Gasteiger partial charge in [0.2, 0.25) is 0 Å². The van der Waals surface area contributed by atoms with Gasteiger partial charge in [-0.1, -0.05) is 6.07 Å². The lowest BCUT2D eigenvalue weighted by atomic mass is 10.1. The highest BCUT2D eigenvalue weighted by molar-refractivity contribution is 5.94. The van der Waals surface area contributed by atoms with Crippen molar-refractivity contribution in [3.63, 3.8) is 0 Å². The number of hydrogen-bond acceptors (Lipinski definition) is 7. The predicted octanol–water partition coefficient (Wildman–Crippen LogP) is 1.28. The highest BCUT2D eigenvalue weighted by Crippen LogP contribution is 2.20. The summed E-state index contributed by atoms with van der Waals surface area (Å²) in [5.74, 6) is 0.0857. The molecule has 1 aliphatic heterocycles. The smallest absolute Gasteiger partial charge is 0.325 e. The molecule has 2 aromatic heterocycles. The van der Waals surface area contributed by atoms with Gasteiger partial charge in [0.15, 0.2) is 0 Å². The second kappa shape index (κ2) is 9.25. The van der Waals surface area contributed by atoms with Crippen molar-refractivity contribution >= 4 is 17.7 Å². The number of nitrogens with zero attached hydrogens (tertiary/aromatic N) is 3. The monoisotopic (exact) mass is 414 g/mol. The molecule has 9 heteroatoms. The summed E-state index contributed by atoms with van der Waals surface area (Å²) in [6, 6.07) is 3.24. The van der Waals surface area contributed by atoms with E-state index in [1.165, 1.54) is 11.8 Å². The minimum absolute atomic E-state index is 0.00896. The molecule has 1 atom stereocenters. The Bertz CT molecular complexity index is 902. The van der Waals surface area contributed by atoms with E-state index >= 15 is 0 Å². The number of nitrogens with two attached hydrogens (primary N) is 1. The van der Waals surface area contributed by atoms with Crippen molar-refractivity contribution in [3.05, 3.63) is 41.3 Å². The number of rotatable bonds is 7. The third-order valence-corrected chi connectivity index (χ3v) is 4.64. The largest absolute Gasteiger partial charge is 0.459 e. The van der Waals surface area contributed by atoms with E-state index in [1.807, 2.05) is 6.07 Å². The molecule has 0 radical (unpaired) electrons. The Kier molecular flexibility index (Phi) is 6.71. The predicted molar refractivity (Wildman–Crippen MR) is 113 cm³/mol. The van der Waals surface area contributed by atoms with E-state index < -0.39 is 17.6 Å². The van der Waals surface area contributed by atoms with Crippen molar-refractivity contribution in [1.29, 1.82) is 0 Å². The molecule has 3 rings (SSSR count). The van der Waals surface area contributed by atoms with E-state index in [0.717, 1.165) is 30.9 Å². The minimum atomic E-state index is -0.924. The average molecular weight is 415 g/mol. The molecule has 0 fully saturated rings. The third-order valence-electron chi connectivity index (χ3n) is 4.64. The van der Waals surface area contributed by atoms with Crippen molar-refractivity contribution < 1.29 is 14.3 Å². The fourth-order valence-electron chi connectivity index (χ4n) is 3.11. The number of fused-ring (bicyclic) bond motifs is 1. The van der Waals surface area contributed by atoms with Crippen molar-refractivity contribution in [3.8, 4) is 0 Å². The maximum absolute atomic E-state index is 12.3. The molecule has 3 heterocycles.